The van der Waals surface area contributed by atoms with Gasteiger partial charge in [0, 0.05) is 19.1 Å². The van der Waals surface area contributed by atoms with Crippen LogP contribution in [0.3, 0.4) is 0 Å². The molecule has 22 heavy (non-hydrogen) atoms. The molecule has 0 bridgehead atoms. The summed E-state index contributed by atoms with van der Waals surface area (Å²) in [6.07, 6.45) is 1.02. The Labute approximate surface area is 132 Å². The molecule has 0 saturated carbocycles. The van der Waals surface area contributed by atoms with Gasteiger partial charge in [0.15, 0.2) is 0 Å². The Bertz CT molecular complexity index is 492. The summed E-state index contributed by atoms with van der Waals surface area (Å²) in [7, 11) is 3.16. The normalized spacial score (nSPS) is 17.9. The van der Waals surface area contributed by atoms with Crippen molar-refractivity contribution in [1.82, 2.24) is 9.80 Å². The van der Waals surface area contributed by atoms with Gasteiger partial charge >= 0.3 is 0 Å². The first-order chi connectivity index (χ1) is 10.7. The second-order valence-corrected chi connectivity index (χ2v) is 5.45. The molecule has 1 amide bonds. The van der Waals surface area contributed by atoms with E-state index < -0.39 is 0 Å². The third kappa shape index (κ3) is 3.19. The van der Waals surface area contributed by atoms with E-state index in [0.29, 0.717) is 23.1 Å². The van der Waals surface area contributed by atoms with Gasteiger partial charge in [0.2, 0.25) is 0 Å². The molecule has 0 N–H and O–H groups in total. The lowest BCUT2D eigenvalue weighted by Crippen LogP contribution is -2.38. The number of amides is 1. The van der Waals surface area contributed by atoms with E-state index in [1.54, 1.807) is 26.4 Å². The van der Waals surface area contributed by atoms with Crippen molar-refractivity contribution in [3.63, 3.8) is 0 Å². The number of nitrogens with zero attached hydrogens (tertiary/aromatic N) is 2. The molecule has 0 spiro atoms. The minimum atomic E-state index is -0.0102. The van der Waals surface area contributed by atoms with Crippen LogP contribution in [0.25, 0.3) is 0 Å². The summed E-state index contributed by atoms with van der Waals surface area (Å²) in [6.45, 7) is 7.90. The van der Waals surface area contributed by atoms with E-state index in [1.165, 1.54) is 0 Å². The van der Waals surface area contributed by atoms with E-state index in [-0.39, 0.29) is 5.91 Å². The van der Waals surface area contributed by atoms with Gasteiger partial charge in [-0.25, -0.2) is 0 Å². The van der Waals surface area contributed by atoms with E-state index >= 15 is 0 Å². The average Bonchev–Trinajstić information content (AvgIpc) is 3.04. The Balaban J connectivity index is 2.20. The summed E-state index contributed by atoms with van der Waals surface area (Å²) < 4.78 is 10.7. The van der Waals surface area contributed by atoms with Crippen molar-refractivity contribution in [2.45, 2.75) is 26.3 Å². The highest BCUT2D eigenvalue weighted by Gasteiger charge is 2.32. The molecule has 122 valence electrons. The molecule has 1 fully saturated rings. The highest BCUT2D eigenvalue weighted by atomic mass is 16.5. The van der Waals surface area contributed by atoms with E-state index in [0.717, 1.165) is 32.6 Å². The molecule has 1 atom stereocenters. The minimum absolute atomic E-state index is 0.0102. The van der Waals surface area contributed by atoms with Crippen molar-refractivity contribution < 1.29 is 14.3 Å². The topological polar surface area (TPSA) is 42.0 Å². The fourth-order valence-corrected chi connectivity index (χ4v) is 3.18. The number of benzene rings is 1. The number of carbonyl (C=O) groups excluding carboxylic acids is 1. The zero-order chi connectivity index (χ0) is 16.1. The van der Waals surface area contributed by atoms with Crippen LogP contribution in [-0.4, -0.2) is 62.1 Å². The van der Waals surface area contributed by atoms with Crippen LogP contribution < -0.4 is 9.47 Å². The number of rotatable bonds is 6. The maximum Gasteiger partial charge on any atom is 0.261 e. The Kier molecular flexibility index (Phi) is 5.66. The lowest BCUT2D eigenvalue weighted by Gasteiger charge is -2.26. The summed E-state index contributed by atoms with van der Waals surface area (Å²) >= 11 is 0. The predicted molar refractivity (Wildman–Crippen MR) is 86.8 cm³/mol. The number of likely N-dealkylation sites (N-methyl/N-ethyl adjacent to an activating group) is 1. The number of methoxy groups -OCH3 is 2. The zero-order valence-corrected chi connectivity index (χ0v) is 14.0. The van der Waals surface area contributed by atoms with Crippen molar-refractivity contribution in [2.75, 3.05) is 40.4 Å². The van der Waals surface area contributed by atoms with Crippen molar-refractivity contribution in [1.29, 1.82) is 0 Å². The first-order valence-electron chi connectivity index (χ1n) is 7.90. The summed E-state index contributed by atoms with van der Waals surface area (Å²) in [6, 6.07) is 5.87. The Morgan fingerprint density at radius 2 is 1.82 bits per heavy atom. The number of ether oxygens (including phenoxy) is 2. The molecule has 0 radical (unpaired) electrons. The lowest BCUT2D eigenvalue weighted by atomic mass is 10.1. The van der Waals surface area contributed by atoms with Crippen LogP contribution >= 0.6 is 0 Å². The minimum Gasteiger partial charge on any atom is -0.496 e. The molecular formula is C17H26N2O3. The molecule has 5 nitrogen and oxygen atoms in total. The maximum absolute atomic E-state index is 12.9. The molecule has 1 saturated heterocycles. The summed E-state index contributed by atoms with van der Waals surface area (Å²) in [5.74, 6) is 1.12. The van der Waals surface area contributed by atoms with Gasteiger partial charge in [-0.05, 0) is 31.6 Å². The van der Waals surface area contributed by atoms with E-state index in [1.807, 2.05) is 11.0 Å². The highest BCUT2D eigenvalue weighted by molar-refractivity contribution is 5.99. The van der Waals surface area contributed by atoms with Crippen LogP contribution in [0.5, 0.6) is 11.5 Å². The average molecular weight is 306 g/mol. The van der Waals surface area contributed by atoms with Crippen molar-refractivity contribution >= 4 is 5.91 Å². The smallest absolute Gasteiger partial charge is 0.261 e. The summed E-state index contributed by atoms with van der Waals surface area (Å²) in [4.78, 5) is 17.2. The van der Waals surface area contributed by atoms with Crippen LogP contribution in [0.1, 0.15) is 30.6 Å². The van der Waals surface area contributed by atoms with Crippen molar-refractivity contribution in [3.05, 3.63) is 23.8 Å². The van der Waals surface area contributed by atoms with Gasteiger partial charge in [-0.15, -0.1) is 0 Å². The first-order valence-corrected chi connectivity index (χ1v) is 7.90. The van der Waals surface area contributed by atoms with Gasteiger partial charge in [-0.2, -0.15) is 0 Å². The van der Waals surface area contributed by atoms with Gasteiger partial charge in [-0.3, -0.25) is 9.69 Å². The van der Waals surface area contributed by atoms with Crippen LogP contribution in [0.4, 0.5) is 0 Å². The van der Waals surface area contributed by atoms with Gasteiger partial charge in [0.1, 0.15) is 17.1 Å². The number of carbonyl (C=O) groups is 1. The van der Waals surface area contributed by atoms with E-state index in [9.17, 15) is 4.79 Å². The van der Waals surface area contributed by atoms with Crippen molar-refractivity contribution in [3.8, 4) is 11.5 Å². The van der Waals surface area contributed by atoms with Gasteiger partial charge < -0.3 is 14.4 Å². The quantitative estimate of drug-likeness (QED) is 0.808. The fraction of sp³-hybridized carbons (Fsp3) is 0.588. The molecular weight excluding hydrogens is 280 g/mol. The standard InChI is InChI=1S/C17H26N2O3/c1-5-18(6-2)13-10-11-19(12-13)17(20)16-14(21-3)8-7-9-15(16)22-4/h7-9,13H,5-6,10-12H2,1-4H3. The van der Waals surface area contributed by atoms with Crippen LogP contribution in [0.2, 0.25) is 0 Å². The number of hydrogen-bond donors (Lipinski definition) is 0. The highest BCUT2D eigenvalue weighted by Crippen LogP contribution is 2.31. The largest absolute Gasteiger partial charge is 0.496 e. The Morgan fingerprint density at radius 3 is 2.32 bits per heavy atom. The molecule has 0 aromatic heterocycles. The fourth-order valence-electron chi connectivity index (χ4n) is 3.18. The number of hydrogen-bond acceptors (Lipinski definition) is 4. The van der Waals surface area contributed by atoms with Crippen LogP contribution in [0.15, 0.2) is 18.2 Å². The van der Waals surface area contributed by atoms with Gasteiger partial charge in [0.25, 0.3) is 5.91 Å². The SMILES string of the molecule is CCN(CC)C1CCN(C(=O)c2c(OC)cccc2OC)C1. The summed E-state index contributed by atoms with van der Waals surface area (Å²) in [5, 5.41) is 0. The molecule has 1 aromatic rings. The third-order valence-corrected chi connectivity index (χ3v) is 4.42. The van der Waals surface area contributed by atoms with Gasteiger partial charge in [-0.1, -0.05) is 19.9 Å². The second-order valence-electron chi connectivity index (χ2n) is 5.45. The summed E-state index contributed by atoms with van der Waals surface area (Å²) in [5.41, 5.74) is 0.521. The number of likely N-dealkylation sites (tertiary alicyclic amines) is 1. The monoisotopic (exact) mass is 306 g/mol. The second kappa shape index (κ2) is 7.49. The molecule has 2 rings (SSSR count). The van der Waals surface area contributed by atoms with Gasteiger partial charge in [0.05, 0.1) is 14.2 Å². The molecule has 5 heteroatoms. The van der Waals surface area contributed by atoms with Crippen LogP contribution in [-0.2, 0) is 0 Å². The third-order valence-electron chi connectivity index (χ3n) is 4.42. The van der Waals surface area contributed by atoms with Crippen LogP contribution in [0, 0.1) is 0 Å². The molecule has 1 heterocycles. The first kappa shape index (κ1) is 16.6. The van der Waals surface area contributed by atoms with E-state index in [4.69, 9.17) is 9.47 Å². The van der Waals surface area contributed by atoms with Crippen molar-refractivity contribution in [2.24, 2.45) is 0 Å². The molecule has 1 aliphatic heterocycles. The van der Waals surface area contributed by atoms with E-state index in [2.05, 4.69) is 18.7 Å². The predicted octanol–water partition coefficient (Wildman–Crippen LogP) is 2.26. The Morgan fingerprint density at radius 1 is 1.23 bits per heavy atom. The zero-order valence-electron chi connectivity index (χ0n) is 14.0. The molecule has 1 aliphatic rings. The lowest BCUT2D eigenvalue weighted by molar-refractivity contribution is 0.0771. The maximum atomic E-state index is 12.9. The Hall–Kier alpha value is -1.75. The molecule has 0 aliphatic carbocycles. The molecule has 1 aromatic carbocycles. The molecule has 1 unspecified atom stereocenters.